The fourth-order valence-electron chi connectivity index (χ4n) is 2.69. The number of aromatic nitrogens is 1. The van der Waals surface area contributed by atoms with E-state index in [2.05, 4.69) is 15.2 Å². The van der Waals surface area contributed by atoms with E-state index >= 15 is 0 Å². The van der Waals surface area contributed by atoms with Crippen LogP contribution in [0, 0.1) is 5.92 Å². The molecule has 0 radical (unpaired) electrons. The van der Waals surface area contributed by atoms with Crippen LogP contribution in [0.5, 0.6) is 5.88 Å². The number of nitrogens with zero attached hydrogens (tertiary/aromatic N) is 2. The number of hydrogen-bond donors (Lipinski definition) is 1. The number of ether oxygens (including phenoxy) is 1. The van der Waals surface area contributed by atoms with Crippen molar-refractivity contribution in [2.24, 2.45) is 5.92 Å². The summed E-state index contributed by atoms with van der Waals surface area (Å²) in [6, 6.07) is 9.65. The molecular formula is C17H18ClN3O2. The molecule has 2 aromatic rings. The minimum absolute atomic E-state index is 0.0332. The highest BCUT2D eigenvalue weighted by atomic mass is 35.5. The molecule has 1 aliphatic heterocycles. The van der Waals surface area contributed by atoms with Gasteiger partial charge < -0.3 is 15.0 Å². The third-order valence-electron chi connectivity index (χ3n) is 3.88. The molecular weight excluding hydrogens is 314 g/mol. The Bertz CT molecular complexity index is 736. The third kappa shape index (κ3) is 3.24. The maximum absolute atomic E-state index is 12.1. The summed E-state index contributed by atoms with van der Waals surface area (Å²) in [5.74, 6) is 0.340. The molecule has 0 saturated carbocycles. The van der Waals surface area contributed by atoms with Gasteiger partial charge in [-0.25, -0.2) is 4.98 Å². The lowest BCUT2D eigenvalue weighted by atomic mass is 10.1. The first-order chi connectivity index (χ1) is 11.1. The van der Waals surface area contributed by atoms with E-state index in [4.69, 9.17) is 16.3 Å². The third-order valence-corrected chi connectivity index (χ3v) is 4.15. The average molecular weight is 332 g/mol. The number of fused-ring (bicyclic) bond motifs is 1. The summed E-state index contributed by atoms with van der Waals surface area (Å²) < 4.78 is 5.09. The Morgan fingerprint density at radius 2 is 2.22 bits per heavy atom. The van der Waals surface area contributed by atoms with Crippen molar-refractivity contribution < 1.29 is 9.53 Å². The SMILES string of the molecule is COc1ncc(CN2CC(C)C(=O)Nc3ccccc32)cc1Cl. The second kappa shape index (κ2) is 6.46. The Labute approximate surface area is 140 Å². The molecule has 1 amide bonds. The van der Waals surface area contributed by atoms with Crippen LogP contribution in [0.3, 0.4) is 0 Å². The van der Waals surface area contributed by atoms with E-state index in [1.165, 1.54) is 7.11 Å². The van der Waals surface area contributed by atoms with Gasteiger partial charge in [0.15, 0.2) is 0 Å². The van der Waals surface area contributed by atoms with Gasteiger partial charge in [0.05, 0.1) is 24.4 Å². The predicted molar refractivity (Wildman–Crippen MR) is 91.1 cm³/mol. The first-order valence-corrected chi connectivity index (χ1v) is 7.79. The number of methoxy groups -OCH3 is 1. The molecule has 0 bridgehead atoms. The van der Waals surface area contributed by atoms with Crippen LogP contribution in [0.25, 0.3) is 0 Å². The van der Waals surface area contributed by atoms with E-state index in [0.717, 1.165) is 16.9 Å². The Kier molecular flexibility index (Phi) is 4.39. The monoisotopic (exact) mass is 331 g/mol. The van der Waals surface area contributed by atoms with Crippen LogP contribution in [0.15, 0.2) is 36.5 Å². The van der Waals surface area contributed by atoms with E-state index in [9.17, 15) is 4.79 Å². The van der Waals surface area contributed by atoms with Crippen molar-refractivity contribution in [1.82, 2.24) is 4.98 Å². The van der Waals surface area contributed by atoms with Gasteiger partial charge in [0.1, 0.15) is 5.02 Å². The smallest absolute Gasteiger partial charge is 0.232 e. The van der Waals surface area contributed by atoms with Crippen LogP contribution in [0.2, 0.25) is 5.02 Å². The zero-order chi connectivity index (χ0) is 16.4. The van der Waals surface area contributed by atoms with Crippen LogP contribution in [-0.2, 0) is 11.3 Å². The minimum Gasteiger partial charge on any atom is -0.480 e. The molecule has 1 aromatic carbocycles. The number of carbonyl (C=O) groups excluding carboxylic acids is 1. The summed E-state index contributed by atoms with van der Waals surface area (Å²) in [5.41, 5.74) is 2.79. The van der Waals surface area contributed by atoms with Crippen molar-refractivity contribution in [3.05, 3.63) is 47.1 Å². The molecule has 1 aromatic heterocycles. The van der Waals surface area contributed by atoms with Crippen molar-refractivity contribution >= 4 is 28.9 Å². The largest absolute Gasteiger partial charge is 0.480 e. The first kappa shape index (κ1) is 15.6. The molecule has 1 aliphatic rings. The van der Waals surface area contributed by atoms with E-state index < -0.39 is 0 Å². The molecule has 0 saturated heterocycles. The van der Waals surface area contributed by atoms with E-state index in [1.54, 1.807) is 6.20 Å². The number of para-hydroxylation sites is 2. The Morgan fingerprint density at radius 1 is 1.43 bits per heavy atom. The summed E-state index contributed by atoms with van der Waals surface area (Å²) in [6.07, 6.45) is 1.75. The number of hydrogen-bond acceptors (Lipinski definition) is 4. The van der Waals surface area contributed by atoms with Gasteiger partial charge >= 0.3 is 0 Å². The molecule has 0 aliphatic carbocycles. The maximum atomic E-state index is 12.1. The molecule has 3 rings (SSSR count). The zero-order valence-electron chi connectivity index (χ0n) is 13.0. The van der Waals surface area contributed by atoms with Gasteiger partial charge in [-0.15, -0.1) is 0 Å². The number of rotatable bonds is 3. The highest BCUT2D eigenvalue weighted by molar-refractivity contribution is 6.31. The fraction of sp³-hybridized carbons (Fsp3) is 0.294. The van der Waals surface area contributed by atoms with Crippen molar-refractivity contribution in [3.8, 4) is 5.88 Å². The lowest BCUT2D eigenvalue weighted by molar-refractivity contribution is -0.119. The van der Waals surface area contributed by atoms with E-state index in [-0.39, 0.29) is 11.8 Å². The van der Waals surface area contributed by atoms with Gasteiger partial charge in [-0.2, -0.15) is 0 Å². The summed E-state index contributed by atoms with van der Waals surface area (Å²) in [4.78, 5) is 18.5. The average Bonchev–Trinajstić information content (AvgIpc) is 2.65. The molecule has 6 heteroatoms. The number of anilines is 2. The van der Waals surface area contributed by atoms with Gasteiger partial charge in [0.2, 0.25) is 11.8 Å². The maximum Gasteiger partial charge on any atom is 0.232 e. The number of halogens is 1. The van der Waals surface area contributed by atoms with Crippen LogP contribution in [0.1, 0.15) is 12.5 Å². The summed E-state index contributed by atoms with van der Waals surface area (Å²) >= 11 is 6.16. The molecule has 0 spiro atoms. The zero-order valence-corrected chi connectivity index (χ0v) is 13.8. The van der Waals surface area contributed by atoms with Gasteiger partial charge in [0.25, 0.3) is 0 Å². The molecule has 0 fully saturated rings. The first-order valence-electron chi connectivity index (χ1n) is 7.41. The van der Waals surface area contributed by atoms with Crippen molar-refractivity contribution in [2.45, 2.75) is 13.5 Å². The molecule has 1 N–H and O–H groups in total. The van der Waals surface area contributed by atoms with Crippen molar-refractivity contribution in [3.63, 3.8) is 0 Å². The quantitative estimate of drug-likeness (QED) is 0.937. The summed E-state index contributed by atoms with van der Waals surface area (Å²) in [5, 5.41) is 3.46. The van der Waals surface area contributed by atoms with Gasteiger partial charge in [-0.05, 0) is 23.8 Å². The van der Waals surface area contributed by atoms with Crippen molar-refractivity contribution in [1.29, 1.82) is 0 Å². The highest BCUT2D eigenvalue weighted by Gasteiger charge is 2.24. The Balaban J connectivity index is 1.92. The minimum atomic E-state index is -0.107. The number of amides is 1. The number of nitrogens with one attached hydrogen (secondary N) is 1. The molecule has 2 heterocycles. The topological polar surface area (TPSA) is 54.5 Å². The van der Waals surface area contributed by atoms with Crippen LogP contribution < -0.4 is 15.0 Å². The lowest BCUT2D eigenvalue weighted by Gasteiger charge is -2.25. The normalized spacial score (nSPS) is 17.3. The fourth-order valence-corrected chi connectivity index (χ4v) is 2.96. The highest BCUT2D eigenvalue weighted by Crippen LogP contribution is 2.31. The molecule has 1 atom stereocenters. The van der Waals surface area contributed by atoms with Crippen LogP contribution in [-0.4, -0.2) is 24.5 Å². The molecule has 1 unspecified atom stereocenters. The summed E-state index contributed by atoms with van der Waals surface area (Å²) in [7, 11) is 1.54. The van der Waals surface area contributed by atoms with Gasteiger partial charge in [0, 0.05) is 19.3 Å². The number of pyridine rings is 1. The molecule has 23 heavy (non-hydrogen) atoms. The van der Waals surface area contributed by atoms with E-state index in [0.29, 0.717) is 24.0 Å². The lowest BCUT2D eigenvalue weighted by Crippen LogP contribution is -2.30. The predicted octanol–water partition coefficient (Wildman–Crippen LogP) is 3.34. The standard InChI is InChI=1S/C17H18ClN3O2/c1-11-9-21(10-12-7-13(18)17(23-2)19-8-12)15-6-4-3-5-14(15)20-16(11)22/h3-8,11H,9-10H2,1-2H3,(H,20,22). The second-order valence-corrected chi connectivity index (χ2v) is 6.03. The van der Waals surface area contributed by atoms with Gasteiger partial charge in [-0.3, -0.25) is 4.79 Å². The van der Waals surface area contributed by atoms with Crippen LogP contribution >= 0.6 is 11.6 Å². The summed E-state index contributed by atoms with van der Waals surface area (Å²) in [6.45, 7) is 3.17. The van der Waals surface area contributed by atoms with Gasteiger partial charge in [-0.1, -0.05) is 30.7 Å². The molecule has 5 nitrogen and oxygen atoms in total. The Morgan fingerprint density at radius 3 is 2.96 bits per heavy atom. The number of benzene rings is 1. The number of carbonyl (C=O) groups is 1. The van der Waals surface area contributed by atoms with Crippen LogP contribution in [0.4, 0.5) is 11.4 Å². The molecule has 120 valence electrons. The second-order valence-electron chi connectivity index (χ2n) is 5.62. The van der Waals surface area contributed by atoms with E-state index in [1.807, 2.05) is 37.3 Å². The Hall–Kier alpha value is -2.27. The van der Waals surface area contributed by atoms with Crippen molar-refractivity contribution in [2.75, 3.05) is 23.9 Å².